The van der Waals surface area contributed by atoms with Crippen molar-refractivity contribution in [2.45, 2.75) is 6.42 Å². The fraction of sp³-hybridized carbons (Fsp3) is 0.0667. The van der Waals surface area contributed by atoms with Gasteiger partial charge < -0.3 is 15.4 Å². The first-order chi connectivity index (χ1) is 10.1. The van der Waals surface area contributed by atoms with E-state index < -0.39 is 0 Å². The van der Waals surface area contributed by atoms with Gasteiger partial charge in [-0.25, -0.2) is 0 Å². The van der Waals surface area contributed by atoms with Gasteiger partial charge in [0.25, 0.3) is 5.89 Å². The van der Waals surface area contributed by atoms with Crippen molar-refractivity contribution in [3.05, 3.63) is 58.9 Å². The molecule has 0 saturated heterocycles. The van der Waals surface area contributed by atoms with Gasteiger partial charge in [-0.3, -0.25) is 0 Å². The molecule has 0 radical (unpaired) electrons. The van der Waals surface area contributed by atoms with E-state index in [4.69, 9.17) is 21.9 Å². The fourth-order valence-corrected chi connectivity index (χ4v) is 2.08. The zero-order chi connectivity index (χ0) is 14.8. The number of aromatic hydroxyl groups is 1. The van der Waals surface area contributed by atoms with Crippen LogP contribution >= 0.6 is 11.6 Å². The van der Waals surface area contributed by atoms with Gasteiger partial charge in [0.05, 0.1) is 10.7 Å². The molecule has 0 amide bonds. The molecule has 0 bridgehead atoms. The first-order valence-corrected chi connectivity index (χ1v) is 6.65. The molecule has 21 heavy (non-hydrogen) atoms. The summed E-state index contributed by atoms with van der Waals surface area (Å²) in [4.78, 5) is 4.33. The summed E-state index contributed by atoms with van der Waals surface area (Å²) < 4.78 is 5.23. The summed E-state index contributed by atoms with van der Waals surface area (Å²) in [6, 6.07) is 12.0. The number of aromatic nitrogens is 2. The Morgan fingerprint density at radius 1 is 1.14 bits per heavy atom. The predicted octanol–water partition coefficient (Wildman–Crippen LogP) is 3.27. The summed E-state index contributed by atoms with van der Waals surface area (Å²) in [6.45, 7) is 0. The third-order valence-corrected chi connectivity index (χ3v) is 3.34. The highest BCUT2D eigenvalue weighted by Crippen LogP contribution is 2.26. The largest absolute Gasteiger partial charge is 0.508 e. The van der Waals surface area contributed by atoms with E-state index in [1.807, 2.05) is 12.1 Å². The molecule has 106 valence electrons. The minimum atomic E-state index is 0.226. The highest BCUT2D eigenvalue weighted by atomic mass is 35.5. The molecular formula is C15H12ClN3O2. The molecule has 6 heteroatoms. The topological polar surface area (TPSA) is 85.2 Å². The van der Waals surface area contributed by atoms with Crippen molar-refractivity contribution in [1.29, 1.82) is 0 Å². The Morgan fingerprint density at radius 2 is 1.90 bits per heavy atom. The number of nitrogens with two attached hydrogens (primary N) is 1. The Labute approximate surface area is 126 Å². The van der Waals surface area contributed by atoms with Crippen molar-refractivity contribution >= 4 is 17.3 Å². The average molecular weight is 302 g/mol. The molecule has 0 aliphatic heterocycles. The van der Waals surface area contributed by atoms with Crippen molar-refractivity contribution in [2.24, 2.45) is 0 Å². The monoisotopic (exact) mass is 301 g/mol. The van der Waals surface area contributed by atoms with E-state index in [-0.39, 0.29) is 5.75 Å². The van der Waals surface area contributed by atoms with Crippen LogP contribution in [0.15, 0.2) is 47.0 Å². The smallest absolute Gasteiger partial charge is 0.257 e. The first-order valence-electron chi connectivity index (χ1n) is 6.28. The van der Waals surface area contributed by atoms with Crippen LogP contribution in [-0.4, -0.2) is 15.2 Å². The Bertz CT molecular complexity index is 769. The lowest BCUT2D eigenvalue weighted by molar-refractivity contribution is 0.424. The second-order valence-electron chi connectivity index (χ2n) is 4.60. The van der Waals surface area contributed by atoms with Crippen LogP contribution in [0.1, 0.15) is 11.4 Å². The van der Waals surface area contributed by atoms with Crippen LogP contribution in [0, 0.1) is 0 Å². The van der Waals surface area contributed by atoms with Crippen LogP contribution in [0.25, 0.3) is 11.5 Å². The zero-order valence-corrected chi connectivity index (χ0v) is 11.7. The second-order valence-corrected chi connectivity index (χ2v) is 5.00. The summed E-state index contributed by atoms with van der Waals surface area (Å²) in [6.07, 6.45) is 0.520. The van der Waals surface area contributed by atoms with E-state index >= 15 is 0 Å². The summed E-state index contributed by atoms with van der Waals surface area (Å²) in [5.41, 5.74) is 7.87. The second kappa shape index (κ2) is 5.46. The molecule has 0 saturated carbocycles. The molecule has 0 fully saturated rings. The molecule has 0 spiro atoms. The molecule has 1 aromatic heterocycles. The summed E-state index contributed by atoms with van der Waals surface area (Å²) in [7, 11) is 0. The number of phenolic OH excluding ortho intramolecular Hbond substituents is 1. The molecule has 3 aromatic rings. The molecule has 2 aromatic carbocycles. The summed E-state index contributed by atoms with van der Waals surface area (Å²) in [5, 5.41) is 13.6. The number of phenols is 1. The van der Waals surface area contributed by atoms with E-state index in [9.17, 15) is 5.11 Å². The molecular weight excluding hydrogens is 290 g/mol. The number of anilines is 1. The fourth-order valence-electron chi connectivity index (χ4n) is 1.90. The van der Waals surface area contributed by atoms with Gasteiger partial charge in [-0.05, 0) is 35.9 Å². The Balaban J connectivity index is 1.82. The SMILES string of the molecule is Nc1ccc(-c2nc(Cc3ccc(O)cc3)no2)cc1Cl. The van der Waals surface area contributed by atoms with E-state index in [1.165, 1.54) is 0 Å². The van der Waals surface area contributed by atoms with Crippen molar-refractivity contribution in [1.82, 2.24) is 10.1 Å². The third-order valence-electron chi connectivity index (χ3n) is 3.01. The van der Waals surface area contributed by atoms with Gasteiger partial charge in [-0.2, -0.15) is 4.98 Å². The van der Waals surface area contributed by atoms with Gasteiger partial charge in [0.1, 0.15) is 5.75 Å². The van der Waals surface area contributed by atoms with E-state index in [1.54, 1.807) is 30.3 Å². The molecule has 0 atom stereocenters. The van der Waals surface area contributed by atoms with Gasteiger partial charge in [-0.1, -0.05) is 28.9 Å². The van der Waals surface area contributed by atoms with Gasteiger partial charge in [-0.15, -0.1) is 0 Å². The Kier molecular flexibility index (Phi) is 3.50. The van der Waals surface area contributed by atoms with Crippen LogP contribution in [0.4, 0.5) is 5.69 Å². The van der Waals surface area contributed by atoms with Crippen molar-refractivity contribution < 1.29 is 9.63 Å². The Morgan fingerprint density at radius 3 is 2.62 bits per heavy atom. The average Bonchev–Trinajstić information content (AvgIpc) is 2.93. The zero-order valence-electron chi connectivity index (χ0n) is 11.0. The number of benzene rings is 2. The summed E-state index contributed by atoms with van der Waals surface area (Å²) >= 11 is 5.98. The molecule has 0 aliphatic rings. The normalized spacial score (nSPS) is 10.7. The van der Waals surface area contributed by atoms with Crippen LogP contribution in [-0.2, 0) is 6.42 Å². The highest BCUT2D eigenvalue weighted by molar-refractivity contribution is 6.33. The quantitative estimate of drug-likeness (QED) is 0.725. The number of nitrogens with zero attached hydrogens (tertiary/aromatic N) is 2. The maximum atomic E-state index is 9.25. The third kappa shape index (κ3) is 2.98. The predicted molar refractivity (Wildman–Crippen MR) is 80.1 cm³/mol. The standard InChI is InChI=1S/C15H12ClN3O2/c16-12-8-10(3-6-13(12)17)15-18-14(19-21-15)7-9-1-4-11(20)5-2-9/h1-6,8,20H,7,17H2. The van der Waals surface area contributed by atoms with Gasteiger partial charge in [0.15, 0.2) is 5.82 Å². The number of halogens is 1. The lowest BCUT2D eigenvalue weighted by Gasteiger charge is -1.99. The Hall–Kier alpha value is -2.53. The maximum absolute atomic E-state index is 9.25. The molecule has 0 unspecified atom stereocenters. The molecule has 1 heterocycles. The number of hydrogen-bond donors (Lipinski definition) is 2. The van der Waals surface area contributed by atoms with Crippen molar-refractivity contribution in [3.63, 3.8) is 0 Å². The first kappa shape index (κ1) is 13.5. The maximum Gasteiger partial charge on any atom is 0.257 e. The number of rotatable bonds is 3. The van der Waals surface area contributed by atoms with Crippen molar-refractivity contribution in [3.8, 4) is 17.2 Å². The molecule has 3 rings (SSSR count). The van der Waals surface area contributed by atoms with Crippen molar-refractivity contribution in [2.75, 3.05) is 5.73 Å². The van der Waals surface area contributed by atoms with Crippen LogP contribution in [0.2, 0.25) is 5.02 Å². The molecule has 5 nitrogen and oxygen atoms in total. The van der Waals surface area contributed by atoms with Crippen LogP contribution < -0.4 is 5.73 Å². The molecule has 3 N–H and O–H groups in total. The van der Waals surface area contributed by atoms with Gasteiger partial charge in [0, 0.05) is 12.0 Å². The minimum Gasteiger partial charge on any atom is -0.508 e. The lowest BCUT2D eigenvalue weighted by atomic mass is 10.1. The highest BCUT2D eigenvalue weighted by Gasteiger charge is 2.10. The molecule has 0 aliphatic carbocycles. The van der Waals surface area contributed by atoms with E-state index in [0.717, 1.165) is 11.1 Å². The number of hydrogen-bond acceptors (Lipinski definition) is 5. The van der Waals surface area contributed by atoms with Crippen LogP contribution in [0.3, 0.4) is 0 Å². The minimum absolute atomic E-state index is 0.226. The number of nitrogen functional groups attached to an aromatic ring is 1. The lowest BCUT2D eigenvalue weighted by Crippen LogP contribution is -1.90. The van der Waals surface area contributed by atoms with Crippen LogP contribution in [0.5, 0.6) is 5.75 Å². The summed E-state index contributed by atoms with van der Waals surface area (Å²) in [5.74, 6) is 1.18. The van der Waals surface area contributed by atoms with E-state index in [0.29, 0.717) is 28.8 Å². The van der Waals surface area contributed by atoms with Gasteiger partial charge in [0.2, 0.25) is 0 Å². The van der Waals surface area contributed by atoms with E-state index in [2.05, 4.69) is 10.1 Å². The van der Waals surface area contributed by atoms with Gasteiger partial charge >= 0.3 is 0 Å².